The van der Waals surface area contributed by atoms with Gasteiger partial charge in [-0.3, -0.25) is 9.59 Å². The highest BCUT2D eigenvalue weighted by Gasteiger charge is 2.19. The van der Waals surface area contributed by atoms with Crippen molar-refractivity contribution in [1.82, 2.24) is 4.90 Å². The molecule has 110 valence electrons. The van der Waals surface area contributed by atoms with Crippen LogP contribution in [-0.2, 0) is 16.0 Å². The molecule has 0 fully saturated rings. The van der Waals surface area contributed by atoms with Gasteiger partial charge in [-0.15, -0.1) is 0 Å². The molecule has 0 aliphatic heterocycles. The van der Waals surface area contributed by atoms with Crippen molar-refractivity contribution in [3.8, 4) is 5.75 Å². The first-order valence-corrected chi connectivity index (χ1v) is 6.74. The average Bonchev–Trinajstić information content (AvgIpc) is 2.41. The molecule has 1 N–H and O–H groups in total. The van der Waals surface area contributed by atoms with Crippen LogP contribution in [0.25, 0.3) is 0 Å². The molecule has 1 atom stereocenters. The average molecular weight is 279 g/mol. The summed E-state index contributed by atoms with van der Waals surface area (Å²) in [6.45, 7) is 6.87. The molecule has 1 amide bonds. The Labute approximate surface area is 119 Å². The minimum Gasteiger partial charge on any atom is -0.481 e. The lowest BCUT2D eigenvalue weighted by Gasteiger charge is -2.23. The fourth-order valence-corrected chi connectivity index (χ4v) is 1.91. The van der Waals surface area contributed by atoms with Crippen LogP contribution in [0, 0.1) is 0 Å². The molecule has 0 saturated carbocycles. The van der Waals surface area contributed by atoms with Crippen LogP contribution in [0.3, 0.4) is 0 Å². The second kappa shape index (κ2) is 7.53. The highest BCUT2D eigenvalue weighted by molar-refractivity contribution is 5.80. The van der Waals surface area contributed by atoms with Crippen LogP contribution in [0.4, 0.5) is 0 Å². The van der Waals surface area contributed by atoms with Crippen molar-refractivity contribution in [3.63, 3.8) is 0 Å². The number of ether oxygens (including phenoxy) is 1. The van der Waals surface area contributed by atoms with E-state index in [2.05, 4.69) is 0 Å². The Balaban J connectivity index is 2.64. The Bertz CT molecular complexity index is 451. The summed E-state index contributed by atoms with van der Waals surface area (Å²) >= 11 is 0. The molecular weight excluding hydrogens is 258 g/mol. The van der Waals surface area contributed by atoms with E-state index in [1.54, 1.807) is 36.1 Å². The molecule has 0 aliphatic rings. The van der Waals surface area contributed by atoms with Crippen molar-refractivity contribution in [2.75, 3.05) is 13.1 Å². The molecule has 0 saturated heterocycles. The van der Waals surface area contributed by atoms with Crippen molar-refractivity contribution in [2.24, 2.45) is 0 Å². The van der Waals surface area contributed by atoms with Crippen molar-refractivity contribution in [1.29, 1.82) is 0 Å². The molecule has 0 radical (unpaired) electrons. The number of likely N-dealkylation sites (N-methyl/N-ethyl adjacent to an activating group) is 1. The van der Waals surface area contributed by atoms with Crippen LogP contribution in [0.2, 0.25) is 0 Å². The quantitative estimate of drug-likeness (QED) is 0.828. The summed E-state index contributed by atoms with van der Waals surface area (Å²) in [5.41, 5.74) is 0.701. The number of carbonyl (C=O) groups excluding carboxylic acids is 1. The van der Waals surface area contributed by atoms with Crippen molar-refractivity contribution in [2.45, 2.75) is 33.3 Å². The third-order valence-electron chi connectivity index (χ3n) is 3.01. The lowest BCUT2D eigenvalue weighted by Crippen LogP contribution is -2.40. The molecule has 5 nitrogen and oxygen atoms in total. The monoisotopic (exact) mass is 279 g/mol. The van der Waals surface area contributed by atoms with Gasteiger partial charge in [0.1, 0.15) is 5.75 Å². The molecule has 0 heterocycles. The number of hydrogen-bond donors (Lipinski definition) is 1. The summed E-state index contributed by atoms with van der Waals surface area (Å²) in [5.74, 6) is -0.361. The SMILES string of the molecule is CCN(CC)C(=O)C(C)Oc1ccc(CC(=O)O)cc1. The highest BCUT2D eigenvalue weighted by atomic mass is 16.5. The first-order chi connectivity index (χ1) is 9.47. The summed E-state index contributed by atoms with van der Waals surface area (Å²) < 4.78 is 5.58. The molecule has 20 heavy (non-hydrogen) atoms. The molecule has 0 aromatic heterocycles. The number of carbonyl (C=O) groups is 2. The Morgan fingerprint density at radius 3 is 2.20 bits per heavy atom. The molecule has 0 spiro atoms. The van der Waals surface area contributed by atoms with Crippen LogP contribution in [0.15, 0.2) is 24.3 Å². The summed E-state index contributed by atoms with van der Waals surface area (Å²) in [7, 11) is 0. The number of amides is 1. The van der Waals surface area contributed by atoms with Gasteiger partial charge in [0, 0.05) is 13.1 Å². The van der Waals surface area contributed by atoms with Gasteiger partial charge in [-0.05, 0) is 38.5 Å². The van der Waals surface area contributed by atoms with E-state index in [1.165, 1.54) is 0 Å². The zero-order chi connectivity index (χ0) is 15.1. The third kappa shape index (κ3) is 4.57. The smallest absolute Gasteiger partial charge is 0.307 e. The summed E-state index contributed by atoms with van der Waals surface area (Å²) in [4.78, 5) is 24.3. The van der Waals surface area contributed by atoms with Gasteiger partial charge < -0.3 is 14.7 Å². The first-order valence-electron chi connectivity index (χ1n) is 6.74. The molecule has 0 aliphatic carbocycles. The van der Waals surface area contributed by atoms with E-state index in [1.807, 2.05) is 13.8 Å². The van der Waals surface area contributed by atoms with E-state index < -0.39 is 12.1 Å². The molecule has 1 aromatic carbocycles. The van der Waals surface area contributed by atoms with Crippen LogP contribution < -0.4 is 4.74 Å². The number of carboxylic acid groups (broad SMARTS) is 1. The second-order valence-electron chi connectivity index (χ2n) is 4.49. The minimum absolute atomic E-state index is 0.0196. The second-order valence-corrected chi connectivity index (χ2v) is 4.49. The van der Waals surface area contributed by atoms with Crippen molar-refractivity contribution in [3.05, 3.63) is 29.8 Å². The molecule has 1 rings (SSSR count). The maximum Gasteiger partial charge on any atom is 0.307 e. The van der Waals surface area contributed by atoms with E-state index in [4.69, 9.17) is 9.84 Å². The van der Waals surface area contributed by atoms with Gasteiger partial charge in [0.15, 0.2) is 6.10 Å². The normalized spacial score (nSPS) is 11.8. The third-order valence-corrected chi connectivity index (χ3v) is 3.01. The lowest BCUT2D eigenvalue weighted by molar-refractivity contribution is -0.137. The molecular formula is C15H21NO4. The minimum atomic E-state index is -0.872. The number of hydrogen-bond acceptors (Lipinski definition) is 3. The number of benzene rings is 1. The fraction of sp³-hybridized carbons (Fsp3) is 0.467. The number of rotatable bonds is 7. The first kappa shape index (κ1) is 16.0. The summed E-state index contributed by atoms with van der Waals surface area (Å²) in [6.07, 6.45) is -0.575. The molecule has 1 unspecified atom stereocenters. The van der Waals surface area contributed by atoms with Crippen LogP contribution in [0.1, 0.15) is 26.3 Å². The van der Waals surface area contributed by atoms with Crippen LogP contribution >= 0.6 is 0 Å². The maximum atomic E-state index is 12.0. The van der Waals surface area contributed by atoms with Crippen LogP contribution in [0.5, 0.6) is 5.75 Å². The Kier molecular flexibility index (Phi) is 6.03. The predicted molar refractivity (Wildman–Crippen MR) is 75.8 cm³/mol. The van der Waals surface area contributed by atoms with Gasteiger partial charge in [0.2, 0.25) is 0 Å². The summed E-state index contributed by atoms with van der Waals surface area (Å²) in [6, 6.07) is 6.75. The van der Waals surface area contributed by atoms with Gasteiger partial charge in [-0.1, -0.05) is 12.1 Å². The van der Waals surface area contributed by atoms with E-state index in [9.17, 15) is 9.59 Å². The predicted octanol–water partition coefficient (Wildman–Crippen LogP) is 1.95. The molecule has 5 heteroatoms. The maximum absolute atomic E-state index is 12.0. The van der Waals surface area contributed by atoms with Gasteiger partial charge in [-0.25, -0.2) is 0 Å². The van der Waals surface area contributed by atoms with Gasteiger partial charge in [0.25, 0.3) is 5.91 Å². The lowest BCUT2D eigenvalue weighted by atomic mass is 10.1. The van der Waals surface area contributed by atoms with Crippen LogP contribution in [-0.4, -0.2) is 41.1 Å². The topological polar surface area (TPSA) is 66.8 Å². The van der Waals surface area contributed by atoms with Gasteiger partial charge in [0.05, 0.1) is 6.42 Å². The molecule has 1 aromatic rings. The summed E-state index contributed by atoms with van der Waals surface area (Å²) in [5, 5.41) is 8.69. The van der Waals surface area contributed by atoms with Gasteiger partial charge in [-0.2, -0.15) is 0 Å². The van der Waals surface area contributed by atoms with E-state index in [0.717, 1.165) is 0 Å². The highest BCUT2D eigenvalue weighted by Crippen LogP contribution is 2.15. The Morgan fingerprint density at radius 1 is 1.20 bits per heavy atom. The van der Waals surface area contributed by atoms with E-state index >= 15 is 0 Å². The van der Waals surface area contributed by atoms with Crippen molar-refractivity contribution >= 4 is 11.9 Å². The Morgan fingerprint density at radius 2 is 1.75 bits per heavy atom. The number of nitrogens with zero attached hydrogens (tertiary/aromatic N) is 1. The largest absolute Gasteiger partial charge is 0.481 e. The van der Waals surface area contributed by atoms with E-state index in [0.29, 0.717) is 24.4 Å². The van der Waals surface area contributed by atoms with Crippen molar-refractivity contribution < 1.29 is 19.4 Å². The van der Waals surface area contributed by atoms with Gasteiger partial charge >= 0.3 is 5.97 Å². The standard InChI is InChI=1S/C15H21NO4/c1-4-16(5-2)15(19)11(3)20-13-8-6-12(7-9-13)10-14(17)18/h6-9,11H,4-5,10H2,1-3H3,(H,17,18). The number of carboxylic acids is 1. The van der Waals surface area contributed by atoms with E-state index in [-0.39, 0.29) is 12.3 Å². The number of aliphatic carboxylic acids is 1. The zero-order valence-corrected chi connectivity index (χ0v) is 12.1. The Hall–Kier alpha value is -2.04. The molecule has 0 bridgehead atoms. The zero-order valence-electron chi connectivity index (χ0n) is 12.1. The fourth-order valence-electron chi connectivity index (χ4n) is 1.91.